The Morgan fingerprint density at radius 1 is 1.28 bits per heavy atom. The Labute approximate surface area is 108 Å². The summed E-state index contributed by atoms with van der Waals surface area (Å²) in [6, 6.07) is 0.233. The molecule has 6 heteroatoms. The van der Waals surface area contributed by atoms with Crippen LogP contribution in [-0.4, -0.2) is 20.7 Å². The minimum Gasteiger partial charge on any atom is -0.362 e. The molecule has 0 amide bonds. The minimum absolute atomic E-state index is 0.0798. The molecule has 0 spiro atoms. The second-order valence-electron chi connectivity index (χ2n) is 5.26. The summed E-state index contributed by atoms with van der Waals surface area (Å²) in [5.41, 5.74) is 0.531. The Balaban J connectivity index is 3.24. The van der Waals surface area contributed by atoms with E-state index in [1.54, 1.807) is 11.6 Å². The molecule has 0 fully saturated rings. The Hall–Kier alpha value is -1.59. The molecule has 0 saturated heterocycles. The quantitative estimate of drug-likeness (QED) is 0.647. The average Bonchev–Trinajstić information content (AvgIpc) is 2.55. The summed E-state index contributed by atoms with van der Waals surface area (Å²) >= 11 is 0. The molecule has 18 heavy (non-hydrogen) atoms. The lowest BCUT2D eigenvalue weighted by Crippen LogP contribution is -2.24. The van der Waals surface area contributed by atoms with Crippen LogP contribution in [0.25, 0.3) is 0 Å². The molecule has 1 aromatic heterocycles. The van der Waals surface area contributed by atoms with Crippen LogP contribution in [0.1, 0.15) is 46.4 Å². The summed E-state index contributed by atoms with van der Waals surface area (Å²) in [7, 11) is 0. The van der Waals surface area contributed by atoms with Crippen molar-refractivity contribution < 1.29 is 4.92 Å². The number of aromatic nitrogens is 2. The van der Waals surface area contributed by atoms with Gasteiger partial charge in [0.2, 0.25) is 5.82 Å². The van der Waals surface area contributed by atoms with E-state index in [9.17, 15) is 10.1 Å². The zero-order valence-electron chi connectivity index (χ0n) is 11.9. The maximum atomic E-state index is 11.1. The summed E-state index contributed by atoms with van der Waals surface area (Å²) in [5.74, 6) is 0.897. The predicted molar refractivity (Wildman–Crippen MR) is 71.9 cm³/mol. The van der Waals surface area contributed by atoms with Gasteiger partial charge in [0.05, 0.1) is 4.92 Å². The molecule has 1 aromatic rings. The smallest absolute Gasteiger partial charge is 0.333 e. The van der Waals surface area contributed by atoms with Crippen LogP contribution in [0.5, 0.6) is 0 Å². The Kier molecular flexibility index (Phi) is 4.32. The number of aryl methyl sites for hydroxylation is 1. The van der Waals surface area contributed by atoms with E-state index in [2.05, 4.69) is 24.3 Å². The molecule has 0 aliphatic rings. The van der Waals surface area contributed by atoms with Crippen molar-refractivity contribution in [2.75, 3.05) is 5.32 Å². The molecule has 1 N–H and O–H groups in total. The fraction of sp³-hybridized carbons (Fsp3) is 0.750. The molecule has 102 valence electrons. The highest BCUT2D eigenvalue weighted by molar-refractivity contribution is 5.60. The van der Waals surface area contributed by atoms with E-state index in [-0.39, 0.29) is 22.7 Å². The van der Waals surface area contributed by atoms with Crippen molar-refractivity contribution in [1.82, 2.24) is 9.78 Å². The molecule has 0 aliphatic carbocycles. The van der Waals surface area contributed by atoms with Crippen molar-refractivity contribution in [2.24, 2.45) is 5.92 Å². The second-order valence-corrected chi connectivity index (χ2v) is 5.26. The third-order valence-corrected chi connectivity index (χ3v) is 3.09. The number of anilines is 1. The monoisotopic (exact) mass is 254 g/mol. The van der Waals surface area contributed by atoms with E-state index in [0.717, 1.165) is 0 Å². The fourth-order valence-electron chi connectivity index (χ4n) is 1.65. The number of rotatable bonds is 5. The summed E-state index contributed by atoms with van der Waals surface area (Å²) in [6.07, 6.45) is 0. The van der Waals surface area contributed by atoms with Crippen molar-refractivity contribution in [3.63, 3.8) is 0 Å². The summed E-state index contributed by atoms with van der Waals surface area (Å²) in [6.45, 7) is 11.8. The van der Waals surface area contributed by atoms with Gasteiger partial charge in [-0.3, -0.25) is 10.1 Å². The van der Waals surface area contributed by atoms with E-state index < -0.39 is 0 Å². The van der Waals surface area contributed by atoms with Crippen LogP contribution in [0.15, 0.2) is 0 Å². The van der Waals surface area contributed by atoms with Crippen LogP contribution in [0.4, 0.5) is 11.5 Å². The van der Waals surface area contributed by atoms with Gasteiger partial charge in [0.25, 0.3) is 0 Å². The zero-order chi connectivity index (χ0) is 14.0. The van der Waals surface area contributed by atoms with Gasteiger partial charge in [0.15, 0.2) is 0 Å². The summed E-state index contributed by atoms with van der Waals surface area (Å²) in [5, 5.41) is 18.6. The van der Waals surface area contributed by atoms with Gasteiger partial charge in [-0.15, -0.1) is 0 Å². The first kappa shape index (κ1) is 14.5. The molecule has 0 saturated carbocycles. The lowest BCUT2D eigenvalue weighted by Gasteiger charge is -2.20. The largest absolute Gasteiger partial charge is 0.362 e. The normalized spacial score (nSPS) is 13.1. The molecule has 1 heterocycles. The number of hydrogen-bond acceptors (Lipinski definition) is 4. The molecule has 0 aliphatic heterocycles. The molecule has 1 unspecified atom stereocenters. The average molecular weight is 254 g/mol. The second kappa shape index (κ2) is 5.37. The summed E-state index contributed by atoms with van der Waals surface area (Å²) in [4.78, 5) is 10.8. The standard InChI is InChI=1S/C12H22N4O2/c1-7(2)9(5)13-12-11(16(17)18)10(6)14-15(12)8(3)4/h7-9,13H,1-6H3. The van der Waals surface area contributed by atoms with Gasteiger partial charge in [-0.2, -0.15) is 5.10 Å². The van der Waals surface area contributed by atoms with Crippen molar-refractivity contribution in [3.8, 4) is 0 Å². The molecule has 0 aromatic carbocycles. The highest BCUT2D eigenvalue weighted by Crippen LogP contribution is 2.31. The van der Waals surface area contributed by atoms with E-state index >= 15 is 0 Å². The zero-order valence-corrected chi connectivity index (χ0v) is 11.9. The molecular weight excluding hydrogens is 232 g/mol. The van der Waals surface area contributed by atoms with Crippen LogP contribution >= 0.6 is 0 Å². The molecule has 0 radical (unpaired) electrons. The van der Waals surface area contributed by atoms with E-state index in [1.807, 2.05) is 20.8 Å². The Bertz CT molecular complexity index is 438. The van der Waals surface area contributed by atoms with E-state index in [1.165, 1.54) is 0 Å². The van der Waals surface area contributed by atoms with Crippen molar-refractivity contribution in [3.05, 3.63) is 15.8 Å². The van der Waals surface area contributed by atoms with Crippen molar-refractivity contribution in [1.29, 1.82) is 0 Å². The molecular formula is C12H22N4O2. The Morgan fingerprint density at radius 2 is 1.83 bits per heavy atom. The highest BCUT2D eigenvalue weighted by atomic mass is 16.6. The van der Waals surface area contributed by atoms with Crippen LogP contribution < -0.4 is 5.32 Å². The highest BCUT2D eigenvalue weighted by Gasteiger charge is 2.27. The third kappa shape index (κ3) is 2.80. The van der Waals surface area contributed by atoms with Crippen LogP contribution in [0.2, 0.25) is 0 Å². The molecule has 0 bridgehead atoms. The van der Waals surface area contributed by atoms with Gasteiger partial charge in [-0.1, -0.05) is 13.8 Å². The number of nitro groups is 1. The first-order valence-electron chi connectivity index (χ1n) is 6.25. The van der Waals surface area contributed by atoms with E-state index in [4.69, 9.17) is 0 Å². The Morgan fingerprint density at radius 3 is 2.22 bits per heavy atom. The van der Waals surface area contributed by atoms with E-state index in [0.29, 0.717) is 17.4 Å². The molecule has 6 nitrogen and oxygen atoms in total. The van der Waals surface area contributed by atoms with Gasteiger partial charge in [0.1, 0.15) is 5.69 Å². The van der Waals surface area contributed by atoms with Crippen LogP contribution in [0.3, 0.4) is 0 Å². The minimum atomic E-state index is -0.364. The molecule has 1 atom stereocenters. The lowest BCUT2D eigenvalue weighted by atomic mass is 10.1. The first-order chi connectivity index (χ1) is 8.25. The van der Waals surface area contributed by atoms with Crippen LogP contribution in [0, 0.1) is 23.0 Å². The van der Waals surface area contributed by atoms with Gasteiger partial charge in [0, 0.05) is 12.1 Å². The molecule has 1 rings (SSSR count). The van der Waals surface area contributed by atoms with Gasteiger partial charge < -0.3 is 5.32 Å². The first-order valence-corrected chi connectivity index (χ1v) is 6.25. The fourth-order valence-corrected chi connectivity index (χ4v) is 1.65. The lowest BCUT2D eigenvalue weighted by molar-refractivity contribution is -0.384. The van der Waals surface area contributed by atoms with Crippen LogP contribution in [-0.2, 0) is 0 Å². The van der Waals surface area contributed by atoms with Gasteiger partial charge in [-0.25, -0.2) is 4.68 Å². The maximum absolute atomic E-state index is 11.1. The topological polar surface area (TPSA) is 73.0 Å². The maximum Gasteiger partial charge on any atom is 0.333 e. The van der Waals surface area contributed by atoms with Crippen molar-refractivity contribution >= 4 is 11.5 Å². The van der Waals surface area contributed by atoms with Gasteiger partial charge >= 0.3 is 5.69 Å². The number of hydrogen-bond donors (Lipinski definition) is 1. The van der Waals surface area contributed by atoms with Gasteiger partial charge in [-0.05, 0) is 33.6 Å². The van der Waals surface area contributed by atoms with Crippen molar-refractivity contribution in [2.45, 2.75) is 53.6 Å². The number of nitrogens with one attached hydrogen (secondary N) is 1. The SMILES string of the molecule is Cc1nn(C(C)C)c(NC(C)C(C)C)c1[N+](=O)[O-]. The third-order valence-electron chi connectivity index (χ3n) is 3.09. The predicted octanol–water partition coefficient (Wildman–Crippen LogP) is 3.14. The number of nitrogens with zero attached hydrogens (tertiary/aromatic N) is 3. The summed E-state index contributed by atoms with van der Waals surface area (Å²) < 4.78 is 1.69.